The van der Waals surface area contributed by atoms with Crippen LogP contribution in [0.3, 0.4) is 0 Å². The average molecular weight is 323 g/mol. The molecule has 3 fully saturated rings. The molecule has 4 aliphatic carbocycles. The minimum atomic E-state index is -0.177. The lowest BCUT2D eigenvalue weighted by Gasteiger charge is -2.58. The molecular weight excluding hydrogens is 296 g/mol. The summed E-state index contributed by atoms with van der Waals surface area (Å²) in [5.74, 6) is 1.99. The second-order valence-corrected chi connectivity index (χ2v) is 9.24. The maximum Gasteiger partial charge on any atom is 0.139 e. The Bertz CT molecular complexity index is 542. The van der Waals surface area contributed by atoms with E-state index < -0.39 is 0 Å². The van der Waals surface area contributed by atoms with E-state index in [9.17, 15) is 9.90 Å². The Hall–Kier alpha value is -0.340. The average Bonchev–Trinajstić information content (AvgIpc) is 2.75. The normalized spacial score (nSPS) is 54.3. The zero-order chi connectivity index (χ0) is 15.7. The Morgan fingerprint density at radius 3 is 2.82 bits per heavy atom. The predicted octanol–water partition coefficient (Wildman–Crippen LogP) is 4.10. The number of halogens is 1. The van der Waals surface area contributed by atoms with Gasteiger partial charge in [-0.15, -0.1) is 11.6 Å². The number of fused-ring (bicyclic) bond motifs is 5. The van der Waals surface area contributed by atoms with E-state index in [0.717, 1.165) is 44.9 Å². The molecule has 0 heterocycles. The fourth-order valence-electron chi connectivity index (χ4n) is 6.47. The van der Waals surface area contributed by atoms with Crippen molar-refractivity contribution >= 4 is 17.4 Å². The predicted molar refractivity (Wildman–Crippen MR) is 87.7 cm³/mol. The van der Waals surface area contributed by atoms with Crippen LogP contribution in [0, 0.1) is 28.6 Å². The molecule has 2 nitrogen and oxygen atoms in total. The number of carbonyl (C=O) groups is 1. The number of alkyl halides is 1. The van der Waals surface area contributed by atoms with Crippen LogP contribution in [0.15, 0.2) is 11.6 Å². The Balaban J connectivity index is 1.74. The maximum atomic E-state index is 12.4. The summed E-state index contributed by atoms with van der Waals surface area (Å²) in [6.45, 7) is 4.54. The number of carbonyl (C=O) groups excluding carboxylic acids is 1. The first-order chi connectivity index (χ1) is 10.4. The van der Waals surface area contributed by atoms with Gasteiger partial charge in [-0.3, -0.25) is 4.79 Å². The first-order valence-corrected chi connectivity index (χ1v) is 9.35. The molecule has 3 heteroatoms. The van der Waals surface area contributed by atoms with Gasteiger partial charge in [-0.2, -0.15) is 0 Å². The summed E-state index contributed by atoms with van der Waals surface area (Å²) in [6, 6.07) is 0. The molecule has 0 spiro atoms. The molecule has 0 radical (unpaired) electrons. The smallest absolute Gasteiger partial charge is 0.139 e. The summed E-state index contributed by atoms with van der Waals surface area (Å²) in [5, 5.41) is 10.1. The summed E-state index contributed by atoms with van der Waals surface area (Å²) in [5.41, 5.74) is 1.40. The number of Topliss-reactive ketones (excluding diaryl/α,β-unsaturated/α-hetero) is 1. The SMILES string of the molecule is C[C@]12CC[C@H](O)CC1=CC[C@@H]1[C@@H]2C(Cl)C[C@]2(C)C(=O)CC[C@@H]12. The van der Waals surface area contributed by atoms with Gasteiger partial charge in [0, 0.05) is 17.2 Å². The first kappa shape index (κ1) is 15.2. The van der Waals surface area contributed by atoms with Gasteiger partial charge < -0.3 is 5.11 Å². The molecule has 4 aliphatic rings. The first-order valence-electron chi connectivity index (χ1n) is 8.91. The third kappa shape index (κ3) is 1.86. The summed E-state index contributed by atoms with van der Waals surface area (Å²) >= 11 is 6.92. The summed E-state index contributed by atoms with van der Waals surface area (Å²) in [4.78, 5) is 12.4. The van der Waals surface area contributed by atoms with Crippen LogP contribution >= 0.6 is 11.6 Å². The van der Waals surface area contributed by atoms with Crippen molar-refractivity contribution in [3.05, 3.63) is 11.6 Å². The Morgan fingerprint density at radius 1 is 1.27 bits per heavy atom. The van der Waals surface area contributed by atoms with Crippen LogP contribution in [-0.2, 0) is 4.79 Å². The van der Waals surface area contributed by atoms with Crippen molar-refractivity contribution in [2.75, 3.05) is 0 Å². The van der Waals surface area contributed by atoms with Crippen LogP contribution in [0.4, 0.5) is 0 Å². The molecule has 4 rings (SSSR count). The Morgan fingerprint density at radius 2 is 2.05 bits per heavy atom. The Kier molecular flexibility index (Phi) is 3.34. The molecule has 122 valence electrons. The van der Waals surface area contributed by atoms with E-state index in [1.807, 2.05) is 0 Å². The van der Waals surface area contributed by atoms with Gasteiger partial charge in [-0.1, -0.05) is 25.5 Å². The molecule has 3 saturated carbocycles. The van der Waals surface area contributed by atoms with Gasteiger partial charge in [0.15, 0.2) is 0 Å². The second-order valence-electron chi connectivity index (χ2n) is 8.67. The number of hydrogen-bond donors (Lipinski definition) is 1. The van der Waals surface area contributed by atoms with Crippen molar-refractivity contribution in [2.24, 2.45) is 28.6 Å². The van der Waals surface area contributed by atoms with Crippen LogP contribution in [0.1, 0.15) is 58.8 Å². The zero-order valence-electron chi connectivity index (χ0n) is 13.6. The molecule has 1 N–H and O–H groups in total. The molecule has 0 aliphatic heterocycles. The maximum absolute atomic E-state index is 12.4. The molecule has 0 aromatic heterocycles. The van der Waals surface area contributed by atoms with Crippen molar-refractivity contribution in [2.45, 2.75) is 70.3 Å². The number of allylic oxidation sites excluding steroid dienone is 1. The third-order valence-electron chi connectivity index (χ3n) is 7.68. The van der Waals surface area contributed by atoms with Crippen molar-refractivity contribution in [1.29, 1.82) is 0 Å². The molecule has 0 aromatic rings. The highest BCUT2D eigenvalue weighted by molar-refractivity contribution is 6.21. The minimum Gasteiger partial charge on any atom is -0.393 e. The Labute approximate surface area is 138 Å². The number of aliphatic hydroxyl groups excluding tert-OH is 1. The largest absolute Gasteiger partial charge is 0.393 e. The number of aliphatic hydroxyl groups is 1. The molecule has 0 bridgehead atoms. The molecule has 1 unspecified atom stereocenters. The minimum absolute atomic E-state index is 0.0947. The van der Waals surface area contributed by atoms with Crippen molar-refractivity contribution in [3.63, 3.8) is 0 Å². The lowest BCUT2D eigenvalue weighted by atomic mass is 9.48. The van der Waals surface area contributed by atoms with Crippen LogP contribution in [-0.4, -0.2) is 22.4 Å². The molecular formula is C19H27ClO2. The van der Waals surface area contributed by atoms with E-state index in [1.165, 1.54) is 5.57 Å². The quantitative estimate of drug-likeness (QED) is 0.538. The molecule has 22 heavy (non-hydrogen) atoms. The van der Waals surface area contributed by atoms with Crippen LogP contribution in [0.25, 0.3) is 0 Å². The van der Waals surface area contributed by atoms with E-state index in [0.29, 0.717) is 23.5 Å². The van der Waals surface area contributed by atoms with Gasteiger partial charge in [0.2, 0.25) is 0 Å². The van der Waals surface area contributed by atoms with Crippen LogP contribution in [0.5, 0.6) is 0 Å². The summed E-state index contributed by atoms with van der Waals surface area (Å²) in [6.07, 6.45) is 8.69. The summed E-state index contributed by atoms with van der Waals surface area (Å²) in [7, 11) is 0. The monoisotopic (exact) mass is 322 g/mol. The highest BCUT2D eigenvalue weighted by Crippen LogP contribution is 2.64. The lowest BCUT2D eigenvalue weighted by Crippen LogP contribution is -2.55. The van der Waals surface area contributed by atoms with Gasteiger partial charge in [-0.25, -0.2) is 0 Å². The van der Waals surface area contributed by atoms with Crippen molar-refractivity contribution in [1.82, 2.24) is 0 Å². The van der Waals surface area contributed by atoms with Gasteiger partial charge >= 0.3 is 0 Å². The third-order valence-corrected chi connectivity index (χ3v) is 8.11. The molecule has 0 aromatic carbocycles. The zero-order valence-corrected chi connectivity index (χ0v) is 14.4. The lowest BCUT2D eigenvalue weighted by molar-refractivity contribution is -0.131. The van der Waals surface area contributed by atoms with Gasteiger partial charge in [-0.05, 0) is 61.7 Å². The van der Waals surface area contributed by atoms with E-state index in [-0.39, 0.29) is 22.3 Å². The van der Waals surface area contributed by atoms with E-state index in [4.69, 9.17) is 11.6 Å². The standard InChI is InChI=1S/C19H27ClO2/c1-18-8-7-12(21)9-11(18)3-4-13-14-5-6-16(22)19(14,2)10-15(20)17(13)18/h3,12-15,17,21H,4-10H2,1-2H3/t12-,13-,14-,15?,17+,18-,19-/m0/s1. The number of hydrogen-bond acceptors (Lipinski definition) is 2. The molecule has 7 atom stereocenters. The second kappa shape index (κ2) is 4.83. The van der Waals surface area contributed by atoms with Gasteiger partial charge in [0.1, 0.15) is 5.78 Å². The summed E-state index contributed by atoms with van der Waals surface area (Å²) < 4.78 is 0. The number of ketones is 1. The van der Waals surface area contributed by atoms with E-state index in [2.05, 4.69) is 19.9 Å². The number of rotatable bonds is 0. The fourth-order valence-corrected chi connectivity index (χ4v) is 7.26. The highest BCUT2D eigenvalue weighted by Gasteiger charge is 2.61. The van der Waals surface area contributed by atoms with Crippen LogP contribution < -0.4 is 0 Å². The van der Waals surface area contributed by atoms with E-state index in [1.54, 1.807) is 0 Å². The van der Waals surface area contributed by atoms with Crippen molar-refractivity contribution < 1.29 is 9.90 Å². The fraction of sp³-hybridized carbons (Fsp3) is 0.842. The topological polar surface area (TPSA) is 37.3 Å². The highest BCUT2D eigenvalue weighted by atomic mass is 35.5. The van der Waals surface area contributed by atoms with Gasteiger partial charge in [0.05, 0.1) is 6.10 Å². The molecule has 0 saturated heterocycles. The van der Waals surface area contributed by atoms with Gasteiger partial charge in [0.25, 0.3) is 0 Å². The van der Waals surface area contributed by atoms with Crippen LogP contribution in [0.2, 0.25) is 0 Å². The van der Waals surface area contributed by atoms with Crippen molar-refractivity contribution in [3.8, 4) is 0 Å². The molecule has 0 amide bonds. The van der Waals surface area contributed by atoms with E-state index >= 15 is 0 Å².